The molecular weight excluding hydrogens is 234 g/mol. The molecule has 2 aromatic rings. The number of anilines is 2. The van der Waals surface area contributed by atoms with Crippen molar-refractivity contribution in [3.63, 3.8) is 0 Å². The van der Waals surface area contributed by atoms with Gasteiger partial charge in [0.05, 0.1) is 0 Å². The van der Waals surface area contributed by atoms with Gasteiger partial charge in [-0.25, -0.2) is 4.98 Å². The second-order valence-corrected chi connectivity index (χ2v) is 4.91. The zero-order chi connectivity index (χ0) is 13.2. The summed E-state index contributed by atoms with van der Waals surface area (Å²) >= 11 is 0. The number of hydrogen-bond donors (Lipinski definition) is 1. The van der Waals surface area contributed by atoms with Gasteiger partial charge in [-0.05, 0) is 42.2 Å². The lowest BCUT2D eigenvalue weighted by molar-refractivity contribution is 0.931. The highest BCUT2D eigenvalue weighted by atomic mass is 15.2. The van der Waals surface area contributed by atoms with Gasteiger partial charge < -0.3 is 10.6 Å². The molecule has 1 aromatic heterocycles. The molecule has 1 aliphatic rings. The van der Waals surface area contributed by atoms with Crippen LogP contribution in [0.3, 0.4) is 0 Å². The van der Waals surface area contributed by atoms with Crippen LogP contribution in [-0.4, -0.2) is 11.5 Å². The van der Waals surface area contributed by atoms with Crippen LogP contribution in [0.2, 0.25) is 0 Å². The third kappa shape index (κ3) is 2.22. The molecular formula is C16H19N3. The first-order valence-corrected chi connectivity index (χ1v) is 6.87. The van der Waals surface area contributed by atoms with E-state index >= 15 is 0 Å². The topological polar surface area (TPSA) is 42.1 Å². The fourth-order valence-electron chi connectivity index (χ4n) is 2.65. The van der Waals surface area contributed by atoms with E-state index in [4.69, 9.17) is 10.7 Å². The maximum absolute atomic E-state index is 5.79. The van der Waals surface area contributed by atoms with E-state index in [0.717, 1.165) is 36.5 Å². The van der Waals surface area contributed by atoms with Gasteiger partial charge in [-0.15, -0.1) is 0 Å². The first kappa shape index (κ1) is 12.2. The average molecular weight is 253 g/mol. The average Bonchev–Trinajstić information content (AvgIpc) is 2.90. The van der Waals surface area contributed by atoms with Crippen LogP contribution in [0.1, 0.15) is 23.7 Å². The first-order valence-electron chi connectivity index (χ1n) is 6.87. The Morgan fingerprint density at radius 3 is 2.89 bits per heavy atom. The number of rotatable bonds is 3. The Bertz CT molecular complexity index is 570. The standard InChI is InChI=1S/C16H19N3/c1-2-14-9-12(11-17)10-16(18-14)19-8-7-13-5-3-4-6-15(13)19/h3-6,9-10H,2,7-8,11,17H2,1H3. The van der Waals surface area contributed by atoms with Crippen molar-refractivity contribution < 1.29 is 0 Å². The van der Waals surface area contributed by atoms with Crippen LogP contribution in [0.4, 0.5) is 11.5 Å². The normalized spacial score (nSPS) is 13.7. The third-order valence-electron chi connectivity index (χ3n) is 3.69. The smallest absolute Gasteiger partial charge is 0.133 e. The number of hydrogen-bond acceptors (Lipinski definition) is 3. The Balaban J connectivity index is 2.04. The van der Waals surface area contributed by atoms with E-state index < -0.39 is 0 Å². The van der Waals surface area contributed by atoms with Gasteiger partial charge in [0.1, 0.15) is 5.82 Å². The van der Waals surface area contributed by atoms with E-state index in [9.17, 15) is 0 Å². The highest BCUT2D eigenvalue weighted by molar-refractivity contribution is 5.67. The molecule has 1 aromatic carbocycles. The van der Waals surface area contributed by atoms with Gasteiger partial charge in [0.25, 0.3) is 0 Å². The predicted molar refractivity (Wildman–Crippen MR) is 78.7 cm³/mol. The first-order chi connectivity index (χ1) is 9.31. The van der Waals surface area contributed by atoms with E-state index in [1.54, 1.807) is 0 Å². The summed E-state index contributed by atoms with van der Waals surface area (Å²) in [5.41, 5.74) is 10.7. The Morgan fingerprint density at radius 2 is 2.11 bits per heavy atom. The molecule has 98 valence electrons. The highest BCUT2D eigenvalue weighted by Gasteiger charge is 2.21. The Kier molecular flexibility index (Phi) is 3.22. The Morgan fingerprint density at radius 1 is 1.26 bits per heavy atom. The van der Waals surface area contributed by atoms with Crippen LogP contribution in [0.5, 0.6) is 0 Å². The minimum Gasteiger partial charge on any atom is -0.326 e. The van der Waals surface area contributed by atoms with Crippen molar-refractivity contribution >= 4 is 11.5 Å². The third-order valence-corrected chi connectivity index (χ3v) is 3.69. The summed E-state index contributed by atoms with van der Waals surface area (Å²) in [4.78, 5) is 7.05. The van der Waals surface area contributed by atoms with E-state index in [1.807, 2.05) is 0 Å². The second-order valence-electron chi connectivity index (χ2n) is 4.91. The number of para-hydroxylation sites is 1. The highest BCUT2D eigenvalue weighted by Crippen LogP contribution is 2.33. The van der Waals surface area contributed by atoms with Crippen molar-refractivity contribution in [2.45, 2.75) is 26.3 Å². The molecule has 0 aliphatic carbocycles. The fraction of sp³-hybridized carbons (Fsp3) is 0.312. The predicted octanol–water partition coefficient (Wildman–Crippen LogP) is 2.80. The minimum atomic E-state index is 0.567. The summed E-state index contributed by atoms with van der Waals surface area (Å²) in [6.07, 6.45) is 2.03. The van der Waals surface area contributed by atoms with Crippen LogP contribution in [-0.2, 0) is 19.4 Å². The van der Waals surface area contributed by atoms with Gasteiger partial charge in [-0.1, -0.05) is 25.1 Å². The molecule has 3 rings (SSSR count). The fourth-order valence-corrected chi connectivity index (χ4v) is 2.65. The Labute approximate surface area is 114 Å². The maximum Gasteiger partial charge on any atom is 0.133 e. The van der Waals surface area contributed by atoms with Gasteiger partial charge in [0, 0.05) is 24.5 Å². The van der Waals surface area contributed by atoms with Crippen LogP contribution in [0.25, 0.3) is 0 Å². The molecule has 1 aliphatic heterocycles. The molecule has 0 atom stereocenters. The summed E-state index contributed by atoms with van der Waals surface area (Å²) in [5.74, 6) is 1.03. The van der Waals surface area contributed by atoms with Gasteiger partial charge in [0.2, 0.25) is 0 Å². The van der Waals surface area contributed by atoms with Crippen LogP contribution < -0.4 is 10.6 Å². The summed E-state index contributed by atoms with van der Waals surface area (Å²) in [7, 11) is 0. The quantitative estimate of drug-likeness (QED) is 0.914. The largest absolute Gasteiger partial charge is 0.326 e. The Hall–Kier alpha value is -1.87. The number of pyridine rings is 1. The molecule has 0 saturated heterocycles. The molecule has 3 heteroatoms. The molecule has 0 spiro atoms. The molecule has 0 amide bonds. The van der Waals surface area contributed by atoms with Gasteiger partial charge >= 0.3 is 0 Å². The number of aryl methyl sites for hydroxylation is 1. The van der Waals surface area contributed by atoms with Crippen LogP contribution in [0, 0.1) is 0 Å². The van der Waals surface area contributed by atoms with E-state index in [0.29, 0.717) is 6.54 Å². The number of nitrogens with zero attached hydrogens (tertiary/aromatic N) is 2. The number of fused-ring (bicyclic) bond motifs is 1. The van der Waals surface area contributed by atoms with Crippen molar-refractivity contribution in [3.8, 4) is 0 Å². The summed E-state index contributed by atoms with van der Waals surface area (Å²) in [6.45, 7) is 3.70. The maximum atomic E-state index is 5.79. The monoisotopic (exact) mass is 253 g/mol. The lowest BCUT2D eigenvalue weighted by Gasteiger charge is -2.20. The SMILES string of the molecule is CCc1cc(CN)cc(N2CCc3ccccc32)n1. The molecule has 2 N–H and O–H groups in total. The summed E-state index contributed by atoms with van der Waals surface area (Å²) < 4.78 is 0. The van der Waals surface area contributed by atoms with Gasteiger partial charge in [0.15, 0.2) is 0 Å². The minimum absolute atomic E-state index is 0.567. The molecule has 0 saturated carbocycles. The van der Waals surface area contributed by atoms with Crippen molar-refractivity contribution in [1.82, 2.24) is 4.98 Å². The van der Waals surface area contributed by atoms with Crippen LogP contribution in [0.15, 0.2) is 36.4 Å². The van der Waals surface area contributed by atoms with Crippen LogP contribution >= 0.6 is 0 Å². The summed E-state index contributed by atoms with van der Waals surface area (Å²) in [5, 5.41) is 0. The number of benzene rings is 1. The van der Waals surface area contributed by atoms with Crippen molar-refractivity contribution in [1.29, 1.82) is 0 Å². The number of aromatic nitrogens is 1. The van der Waals surface area contributed by atoms with Gasteiger partial charge in [-0.3, -0.25) is 0 Å². The van der Waals surface area contributed by atoms with Crippen molar-refractivity contribution in [3.05, 3.63) is 53.2 Å². The molecule has 0 fully saturated rings. The molecule has 19 heavy (non-hydrogen) atoms. The summed E-state index contributed by atoms with van der Waals surface area (Å²) in [6, 6.07) is 12.8. The molecule has 2 heterocycles. The molecule has 0 unspecified atom stereocenters. The molecule has 0 bridgehead atoms. The second kappa shape index (κ2) is 5.02. The van der Waals surface area contributed by atoms with Crippen molar-refractivity contribution in [2.75, 3.05) is 11.4 Å². The van der Waals surface area contributed by atoms with E-state index in [2.05, 4.69) is 48.2 Å². The lowest BCUT2D eigenvalue weighted by Crippen LogP contribution is -2.16. The number of nitrogens with two attached hydrogens (primary N) is 1. The zero-order valence-corrected chi connectivity index (χ0v) is 11.3. The zero-order valence-electron chi connectivity index (χ0n) is 11.3. The van der Waals surface area contributed by atoms with Gasteiger partial charge in [-0.2, -0.15) is 0 Å². The molecule has 3 nitrogen and oxygen atoms in total. The van der Waals surface area contributed by atoms with E-state index in [1.165, 1.54) is 11.3 Å². The van der Waals surface area contributed by atoms with Crippen molar-refractivity contribution in [2.24, 2.45) is 5.73 Å². The molecule has 0 radical (unpaired) electrons. The lowest BCUT2D eigenvalue weighted by atomic mass is 10.1. The van der Waals surface area contributed by atoms with E-state index in [-0.39, 0.29) is 0 Å².